The molecule has 0 heterocycles. The van der Waals surface area contributed by atoms with E-state index in [1.807, 2.05) is 13.8 Å². The van der Waals surface area contributed by atoms with Crippen LogP contribution in [-0.4, -0.2) is 11.6 Å². The number of allylic oxidation sites excluding steroid dienone is 4. The van der Waals surface area contributed by atoms with E-state index in [4.69, 9.17) is 0 Å². The van der Waals surface area contributed by atoms with E-state index in [1.54, 1.807) is 6.08 Å². The summed E-state index contributed by atoms with van der Waals surface area (Å²) in [6, 6.07) is 0. The third kappa shape index (κ3) is 2.06. The zero-order valence-corrected chi connectivity index (χ0v) is 14.5. The maximum Gasteiger partial charge on any atom is 0.185 e. The zero-order chi connectivity index (χ0) is 16.2. The average Bonchev–Trinajstić information content (AvgIpc) is 2.46. The Balaban J connectivity index is 2.07. The molecular formula is C20H28O2. The van der Waals surface area contributed by atoms with Gasteiger partial charge < -0.3 is 0 Å². The van der Waals surface area contributed by atoms with Crippen molar-refractivity contribution in [2.45, 2.75) is 60.3 Å². The molecule has 0 spiro atoms. The first-order valence-corrected chi connectivity index (χ1v) is 8.81. The van der Waals surface area contributed by atoms with Gasteiger partial charge in [0.15, 0.2) is 11.6 Å². The van der Waals surface area contributed by atoms with Crippen molar-refractivity contribution < 1.29 is 9.59 Å². The van der Waals surface area contributed by atoms with Crippen LogP contribution in [0.5, 0.6) is 0 Å². The fraction of sp³-hybridized carbons (Fsp3) is 0.700. The summed E-state index contributed by atoms with van der Waals surface area (Å²) in [4.78, 5) is 25.7. The second-order valence-corrected chi connectivity index (χ2v) is 8.24. The lowest BCUT2D eigenvalue weighted by Gasteiger charge is -2.52. The Kier molecular flexibility index (Phi) is 3.70. The van der Waals surface area contributed by atoms with E-state index >= 15 is 0 Å². The molecule has 3 aliphatic rings. The summed E-state index contributed by atoms with van der Waals surface area (Å²) in [5.41, 5.74) is 2.34. The van der Waals surface area contributed by atoms with Crippen molar-refractivity contribution in [1.82, 2.24) is 0 Å². The van der Waals surface area contributed by atoms with Gasteiger partial charge in [-0.15, -0.1) is 0 Å². The van der Waals surface area contributed by atoms with Crippen molar-refractivity contribution in [2.24, 2.45) is 29.1 Å². The number of Topliss-reactive ketones (excluding diaryl/α,β-unsaturated/α-hetero) is 1. The molecule has 0 aromatic carbocycles. The molecule has 2 heteroatoms. The van der Waals surface area contributed by atoms with Gasteiger partial charge in [0.05, 0.1) is 0 Å². The predicted molar refractivity (Wildman–Crippen MR) is 88.4 cm³/mol. The van der Waals surface area contributed by atoms with Crippen LogP contribution in [0.1, 0.15) is 60.3 Å². The van der Waals surface area contributed by atoms with Crippen molar-refractivity contribution in [3.8, 4) is 0 Å². The van der Waals surface area contributed by atoms with Gasteiger partial charge in [0.1, 0.15) is 0 Å². The maximum atomic E-state index is 12.9. The van der Waals surface area contributed by atoms with E-state index in [2.05, 4.69) is 20.8 Å². The van der Waals surface area contributed by atoms with E-state index in [1.165, 1.54) is 0 Å². The van der Waals surface area contributed by atoms with Crippen molar-refractivity contribution in [2.75, 3.05) is 0 Å². The third-order valence-electron chi connectivity index (χ3n) is 6.74. The molecule has 120 valence electrons. The quantitative estimate of drug-likeness (QED) is 0.668. The Labute approximate surface area is 134 Å². The summed E-state index contributed by atoms with van der Waals surface area (Å²) in [7, 11) is 0. The fourth-order valence-corrected chi connectivity index (χ4v) is 5.15. The molecule has 22 heavy (non-hydrogen) atoms. The van der Waals surface area contributed by atoms with Crippen molar-refractivity contribution in [3.05, 3.63) is 22.8 Å². The first-order chi connectivity index (χ1) is 10.3. The monoisotopic (exact) mass is 300 g/mol. The number of hydrogen-bond donors (Lipinski definition) is 0. The average molecular weight is 300 g/mol. The molecule has 4 atom stereocenters. The van der Waals surface area contributed by atoms with Crippen LogP contribution in [0.15, 0.2) is 22.8 Å². The fourth-order valence-electron chi connectivity index (χ4n) is 5.15. The van der Waals surface area contributed by atoms with Gasteiger partial charge in [0.2, 0.25) is 0 Å². The third-order valence-corrected chi connectivity index (χ3v) is 6.74. The van der Waals surface area contributed by atoms with Crippen LogP contribution in [0.2, 0.25) is 0 Å². The summed E-state index contributed by atoms with van der Waals surface area (Å²) in [5.74, 6) is 2.28. The lowest BCUT2D eigenvalue weighted by Crippen LogP contribution is -2.47. The Bertz CT molecular complexity index is 593. The zero-order valence-electron chi connectivity index (χ0n) is 14.5. The topological polar surface area (TPSA) is 34.1 Å². The van der Waals surface area contributed by atoms with Gasteiger partial charge in [0, 0.05) is 16.7 Å². The number of carbonyl (C=O) groups excluding carboxylic acids is 2. The Morgan fingerprint density at radius 2 is 1.86 bits per heavy atom. The van der Waals surface area contributed by atoms with Gasteiger partial charge in [-0.05, 0) is 60.8 Å². The van der Waals surface area contributed by atoms with E-state index in [0.717, 1.165) is 42.7 Å². The molecule has 1 saturated carbocycles. The molecule has 0 N–H and O–H groups in total. The Morgan fingerprint density at radius 1 is 1.18 bits per heavy atom. The number of carbonyl (C=O) groups is 2. The second-order valence-electron chi connectivity index (χ2n) is 8.24. The normalized spacial score (nSPS) is 38.8. The summed E-state index contributed by atoms with van der Waals surface area (Å²) < 4.78 is 0. The molecule has 3 aliphatic carbocycles. The summed E-state index contributed by atoms with van der Waals surface area (Å²) in [6.45, 7) is 10.9. The van der Waals surface area contributed by atoms with Crippen LogP contribution in [0.25, 0.3) is 0 Å². The predicted octanol–water partition coefficient (Wildman–Crippen LogP) is 4.50. The summed E-state index contributed by atoms with van der Waals surface area (Å²) in [6.07, 6.45) is 5.70. The maximum absolute atomic E-state index is 12.9. The highest BCUT2D eigenvalue weighted by atomic mass is 16.1. The minimum absolute atomic E-state index is 0.0920. The molecular weight excluding hydrogens is 272 g/mol. The van der Waals surface area contributed by atoms with Gasteiger partial charge in [-0.25, -0.2) is 0 Å². The molecule has 0 aromatic rings. The van der Waals surface area contributed by atoms with Gasteiger partial charge in [0.25, 0.3) is 0 Å². The minimum atomic E-state index is -0.0920. The highest BCUT2D eigenvalue weighted by Crippen LogP contribution is 2.57. The van der Waals surface area contributed by atoms with Gasteiger partial charge >= 0.3 is 0 Å². The smallest absolute Gasteiger partial charge is 0.185 e. The molecule has 0 bridgehead atoms. The molecule has 0 saturated heterocycles. The van der Waals surface area contributed by atoms with Crippen LogP contribution in [0.4, 0.5) is 0 Å². The lowest BCUT2D eigenvalue weighted by molar-refractivity contribution is -0.118. The van der Waals surface area contributed by atoms with E-state index in [0.29, 0.717) is 17.4 Å². The van der Waals surface area contributed by atoms with Gasteiger partial charge in [-0.3, -0.25) is 9.59 Å². The van der Waals surface area contributed by atoms with Crippen LogP contribution < -0.4 is 0 Å². The van der Waals surface area contributed by atoms with E-state index in [9.17, 15) is 9.59 Å². The summed E-state index contributed by atoms with van der Waals surface area (Å²) in [5, 5.41) is 0. The van der Waals surface area contributed by atoms with Crippen LogP contribution in [0.3, 0.4) is 0 Å². The first-order valence-electron chi connectivity index (χ1n) is 8.81. The highest BCUT2D eigenvalue weighted by molar-refractivity contribution is 6.23. The first kappa shape index (κ1) is 15.7. The number of hydrogen-bond acceptors (Lipinski definition) is 2. The second kappa shape index (κ2) is 5.18. The van der Waals surface area contributed by atoms with Crippen LogP contribution in [0, 0.1) is 29.1 Å². The van der Waals surface area contributed by atoms with E-state index in [-0.39, 0.29) is 22.9 Å². The molecule has 0 amide bonds. The van der Waals surface area contributed by atoms with Gasteiger partial charge in [-0.1, -0.05) is 34.6 Å². The van der Waals surface area contributed by atoms with Crippen LogP contribution in [-0.2, 0) is 9.59 Å². The standard InChI is InChI=1S/C20H28O2/c1-11(2)15-10-17(21)18-14(19(15)22)6-7-16-13(4)12(3)8-9-20(16,18)5/h10-13,16H,6-9H2,1-5H3/t12?,13?,16?,20-/m0/s1. The summed E-state index contributed by atoms with van der Waals surface area (Å²) >= 11 is 0. The minimum Gasteiger partial charge on any atom is -0.290 e. The number of fused-ring (bicyclic) bond motifs is 2. The molecule has 0 aromatic heterocycles. The molecule has 3 unspecified atom stereocenters. The number of ketones is 2. The van der Waals surface area contributed by atoms with Gasteiger partial charge in [-0.2, -0.15) is 0 Å². The number of rotatable bonds is 1. The van der Waals surface area contributed by atoms with Crippen molar-refractivity contribution in [1.29, 1.82) is 0 Å². The highest BCUT2D eigenvalue weighted by Gasteiger charge is 2.51. The molecule has 1 fully saturated rings. The molecule has 0 aliphatic heterocycles. The Morgan fingerprint density at radius 3 is 2.50 bits per heavy atom. The Hall–Kier alpha value is -1.18. The van der Waals surface area contributed by atoms with Crippen molar-refractivity contribution >= 4 is 11.6 Å². The van der Waals surface area contributed by atoms with Crippen molar-refractivity contribution in [3.63, 3.8) is 0 Å². The lowest BCUT2D eigenvalue weighted by atomic mass is 9.51. The van der Waals surface area contributed by atoms with E-state index < -0.39 is 0 Å². The largest absolute Gasteiger partial charge is 0.290 e. The molecule has 3 rings (SSSR count). The van der Waals surface area contributed by atoms with Crippen LogP contribution >= 0.6 is 0 Å². The SMILES string of the molecule is CC(C)C1=CC(=O)C2=C(CCC3C(C)C(C)CC[C@]23C)C1=O. The molecule has 0 radical (unpaired) electrons. The molecule has 2 nitrogen and oxygen atoms in total.